The molecule has 0 spiro atoms. The number of esters is 1. The second-order valence-electron chi connectivity index (χ2n) is 6.18. The number of amides is 1. The van der Waals surface area contributed by atoms with E-state index >= 15 is 0 Å². The topological polar surface area (TPSA) is 88.4 Å². The van der Waals surface area contributed by atoms with E-state index in [0.29, 0.717) is 39.2 Å². The second-order valence-corrected chi connectivity index (χ2v) is 7.04. The number of hydrogen-bond donors (Lipinski definition) is 1. The Morgan fingerprint density at radius 2 is 1.97 bits per heavy atom. The zero-order chi connectivity index (χ0) is 21.1. The van der Waals surface area contributed by atoms with Crippen molar-refractivity contribution < 1.29 is 24.2 Å². The van der Waals surface area contributed by atoms with Crippen molar-refractivity contribution in [2.75, 3.05) is 18.7 Å². The summed E-state index contributed by atoms with van der Waals surface area (Å²) in [5, 5.41) is 15.6. The fourth-order valence-corrected chi connectivity index (χ4v) is 3.27. The van der Waals surface area contributed by atoms with Gasteiger partial charge in [-0.3, -0.25) is 4.79 Å². The number of rotatable bonds is 5. The van der Waals surface area contributed by atoms with E-state index in [9.17, 15) is 14.7 Å². The number of nitrogens with zero attached hydrogens (tertiary/aromatic N) is 2. The van der Waals surface area contributed by atoms with Crippen LogP contribution in [0.2, 0.25) is 0 Å². The number of ether oxygens (including phenoxy) is 2. The third-order valence-electron chi connectivity index (χ3n) is 4.27. The summed E-state index contributed by atoms with van der Waals surface area (Å²) in [5.74, 6) is -0.438. The number of anilines is 1. The summed E-state index contributed by atoms with van der Waals surface area (Å²) in [5.41, 5.74) is 2.57. The van der Waals surface area contributed by atoms with Crippen LogP contribution in [-0.4, -0.2) is 36.4 Å². The summed E-state index contributed by atoms with van der Waals surface area (Å²) >= 11 is 3.27. The molecule has 0 saturated carbocycles. The molecule has 2 aromatic rings. The Labute approximate surface area is 176 Å². The first kappa shape index (κ1) is 20.6. The molecule has 8 heteroatoms. The van der Waals surface area contributed by atoms with Crippen LogP contribution in [0.4, 0.5) is 5.69 Å². The number of aromatic hydroxyl groups is 1. The summed E-state index contributed by atoms with van der Waals surface area (Å²) in [6.07, 6.45) is 1.68. The van der Waals surface area contributed by atoms with Gasteiger partial charge in [0.2, 0.25) is 0 Å². The lowest BCUT2D eigenvalue weighted by Crippen LogP contribution is -2.21. The van der Waals surface area contributed by atoms with Gasteiger partial charge in [0.05, 0.1) is 40.7 Å². The van der Waals surface area contributed by atoms with Crippen molar-refractivity contribution in [3.05, 3.63) is 57.6 Å². The van der Waals surface area contributed by atoms with Gasteiger partial charge < -0.3 is 14.6 Å². The Bertz CT molecular complexity index is 1030. The van der Waals surface area contributed by atoms with Crippen LogP contribution in [0, 0.1) is 0 Å². The minimum Gasteiger partial charge on any atom is -0.503 e. The van der Waals surface area contributed by atoms with Crippen LogP contribution in [0.1, 0.15) is 29.8 Å². The van der Waals surface area contributed by atoms with Crippen LogP contribution in [0.15, 0.2) is 51.5 Å². The molecule has 0 atom stereocenters. The number of halogens is 1. The molecule has 2 aromatic carbocycles. The van der Waals surface area contributed by atoms with Crippen LogP contribution in [0.25, 0.3) is 6.08 Å². The fraction of sp³-hybridized carbons (Fsp3) is 0.190. The average Bonchev–Trinajstić information content (AvgIpc) is 2.99. The van der Waals surface area contributed by atoms with E-state index in [4.69, 9.17) is 9.47 Å². The van der Waals surface area contributed by atoms with Gasteiger partial charge in [0.25, 0.3) is 5.91 Å². The SMILES string of the molecule is CCOC(=O)c1ccc(N2N=C(C)/C(=C/c3cc(Br)c(O)c(OC)c3)C2=O)cc1. The summed E-state index contributed by atoms with van der Waals surface area (Å²) in [6, 6.07) is 9.78. The molecule has 1 aliphatic heterocycles. The van der Waals surface area contributed by atoms with Crippen molar-refractivity contribution in [3.63, 3.8) is 0 Å². The standard InChI is InChI=1S/C21H19BrN2O5/c1-4-29-21(27)14-5-7-15(8-6-14)24-20(26)16(12(2)23-24)9-13-10-17(22)19(25)18(11-13)28-3/h5-11,25H,4H2,1-3H3/b16-9-. The zero-order valence-electron chi connectivity index (χ0n) is 16.1. The van der Waals surface area contributed by atoms with E-state index in [1.807, 2.05) is 0 Å². The normalized spacial score (nSPS) is 14.9. The maximum Gasteiger partial charge on any atom is 0.338 e. The number of phenolic OH excluding ortho intramolecular Hbond substituents is 1. The summed E-state index contributed by atoms with van der Waals surface area (Å²) in [4.78, 5) is 24.7. The highest BCUT2D eigenvalue weighted by molar-refractivity contribution is 9.10. The highest BCUT2D eigenvalue weighted by Gasteiger charge is 2.29. The minimum atomic E-state index is -0.418. The van der Waals surface area contributed by atoms with Gasteiger partial charge in [-0.25, -0.2) is 4.79 Å². The molecule has 1 aliphatic rings. The quantitative estimate of drug-likeness (QED) is 0.536. The van der Waals surface area contributed by atoms with Crippen molar-refractivity contribution in [1.29, 1.82) is 0 Å². The van der Waals surface area contributed by atoms with Crippen LogP contribution < -0.4 is 9.75 Å². The van der Waals surface area contributed by atoms with E-state index in [1.54, 1.807) is 56.3 Å². The maximum absolute atomic E-state index is 12.9. The fourth-order valence-electron chi connectivity index (χ4n) is 2.81. The zero-order valence-corrected chi connectivity index (χ0v) is 17.7. The molecule has 0 saturated heterocycles. The summed E-state index contributed by atoms with van der Waals surface area (Å²) in [7, 11) is 1.45. The van der Waals surface area contributed by atoms with Gasteiger partial charge in [-0.2, -0.15) is 10.1 Å². The Kier molecular flexibility index (Phi) is 6.03. The molecule has 1 amide bonds. The van der Waals surface area contributed by atoms with Gasteiger partial charge in [0.15, 0.2) is 11.5 Å². The molecular formula is C21H19BrN2O5. The molecular weight excluding hydrogens is 440 g/mol. The molecule has 1 heterocycles. The van der Waals surface area contributed by atoms with E-state index in [1.165, 1.54) is 12.1 Å². The average molecular weight is 459 g/mol. The van der Waals surface area contributed by atoms with Crippen LogP contribution in [0.3, 0.4) is 0 Å². The molecule has 0 radical (unpaired) electrons. The van der Waals surface area contributed by atoms with Crippen LogP contribution in [-0.2, 0) is 9.53 Å². The molecule has 0 aliphatic carbocycles. The molecule has 0 fully saturated rings. The van der Waals surface area contributed by atoms with Gasteiger partial charge in [-0.15, -0.1) is 0 Å². The van der Waals surface area contributed by atoms with Crippen LogP contribution >= 0.6 is 15.9 Å². The number of hydrazone groups is 1. The van der Waals surface area contributed by atoms with E-state index < -0.39 is 5.97 Å². The van der Waals surface area contributed by atoms with E-state index in [0.717, 1.165) is 0 Å². The van der Waals surface area contributed by atoms with Gasteiger partial charge in [0, 0.05) is 0 Å². The van der Waals surface area contributed by atoms with Crippen molar-refractivity contribution in [2.45, 2.75) is 13.8 Å². The van der Waals surface area contributed by atoms with Gasteiger partial charge in [-0.1, -0.05) is 0 Å². The Morgan fingerprint density at radius 3 is 2.59 bits per heavy atom. The highest BCUT2D eigenvalue weighted by Crippen LogP contribution is 2.36. The van der Waals surface area contributed by atoms with Crippen LogP contribution in [0.5, 0.6) is 11.5 Å². The summed E-state index contributed by atoms with van der Waals surface area (Å²) in [6.45, 7) is 3.77. The van der Waals surface area contributed by atoms with Crippen molar-refractivity contribution in [2.24, 2.45) is 5.10 Å². The van der Waals surface area contributed by atoms with Crippen molar-refractivity contribution in [3.8, 4) is 11.5 Å². The third-order valence-corrected chi connectivity index (χ3v) is 4.87. The number of phenols is 1. The molecule has 0 aromatic heterocycles. The van der Waals surface area contributed by atoms with Gasteiger partial charge in [-0.05, 0) is 77.8 Å². The first-order valence-corrected chi connectivity index (χ1v) is 9.60. The smallest absolute Gasteiger partial charge is 0.338 e. The monoisotopic (exact) mass is 458 g/mol. The lowest BCUT2D eigenvalue weighted by molar-refractivity contribution is -0.114. The lowest BCUT2D eigenvalue weighted by Gasteiger charge is -2.12. The van der Waals surface area contributed by atoms with Gasteiger partial charge >= 0.3 is 5.97 Å². The first-order chi connectivity index (χ1) is 13.8. The number of methoxy groups -OCH3 is 1. The predicted molar refractivity (Wildman–Crippen MR) is 113 cm³/mol. The number of carbonyl (C=O) groups is 2. The lowest BCUT2D eigenvalue weighted by atomic mass is 10.1. The molecule has 1 N–H and O–H groups in total. The Morgan fingerprint density at radius 1 is 1.28 bits per heavy atom. The molecule has 7 nitrogen and oxygen atoms in total. The Hall–Kier alpha value is -3.13. The molecule has 3 rings (SSSR count). The van der Waals surface area contributed by atoms with E-state index in [-0.39, 0.29) is 17.4 Å². The maximum atomic E-state index is 12.9. The predicted octanol–water partition coefficient (Wildman–Crippen LogP) is 4.15. The van der Waals surface area contributed by atoms with E-state index in [2.05, 4.69) is 21.0 Å². The summed E-state index contributed by atoms with van der Waals surface area (Å²) < 4.78 is 10.6. The van der Waals surface area contributed by atoms with Crippen molar-refractivity contribution >= 4 is 45.3 Å². The van der Waals surface area contributed by atoms with Gasteiger partial charge in [0.1, 0.15) is 0 Å². The number of hydrogen-bond acceptors (Lipinski definition) is 6. The first-order valence-electron chi connectivity index (χ1n) is 8.81. The molecule has 150 valence electrons. The largest absolute Gasteiger partial charge is 0.503 e. The third kappa shape index (κ3) is 4.17. The minimum absolute atomic E-state index is 0.0129. The number of benzene rings is 2. The van der Waals surface area contributed by atoms with Crippen molar-refractivity contribution in [1.82, 2.24) is 0 Å². The Balaban J connectivity index is 1.88. The molecule has 0 bridgehead atoms. The molecule has 29 heavy (non-hydrogen) atoms. The highest BCUT2D eigenvalue weighted by atomic mass is 79.9. The second kappa shape index (κ2) is 8.48. The molecule has 0 unspecified atom stereocenters. The number of carbonyl (C=O) groups excluding carboxylic acids is 2.